The molecule has 1 heterocycles. The van der Waals surface area contributed by atoms with Crippen LogP contribution in [0.5, 0.6) is 0 Å². The summed E-state index contributed by atoms with van der Waals surface area (Å²) in [5, 5.41) is 6.13. The molecule has 0 aromatic heterocycles. The third-order valence-electron chi connectivity index (χ3n) is 2.86. The highest BCUT2D eigenvalue weighted by atomic mass is 35.5. The van der Waals surface area contributed by atoms with Crippen molar-refractivity contribution < 1.29 is 9.18 Å². The number of nitrogens with one attached hydrogen (secondary N) is 2. The Kier molecular flexibility index (Phi) is 3.97. The smallest absolute Gasteiger partial charge is 0.228 e. The second-order valence-electron chi connectivity index (χ2n) is 4.16. The van der Waals surface area contributed by atoms with Crippen molar-refractivity contribution in [3.8, 4) is 0 Å². The summed E-state index contributed by atoms with van der Waals surface area (Å²) in [5.41, 5.74) is 0.462. The lowest BCUT2D eigenvalue weighted by atomic mass is 9.99. The maximum absolute atomic E-state index is 12.8. The van der Waals surface area contributed by atoms with Gasteiger partial charge in [0.05, 0.1) is 16.6 Å². The first-order valence-corrected chi connectivity index (χ1v) is 6.01. The standard InChI is InChI=1S/C12H14ClFN2O/c13-10-6-9(14)3-4-11(10)16-12(17)8-2-1-5-15-7-8/h3-4,6,8,15H,1-2,5,7H2,(H,16,17). The topological polar surface area (TPSA) is 41.1 Å². The SMILES string of the molecule is O=C(Nc1ccc(F)cc1Cl)C1CCCNC1. The Morgan fingerprint density at radius 3 is 3.00 bits per heavy atom. The van der Waals surface area contributed by atoms with Gasteiger partial charge in [0.25, 0.3) is 0 Å². The summed E-state index contributed by atoms with van der Waals surface area (Å²) in [6.45, 7) is 1.64. The lowest BCUT2D eigenvalue weighted by Crippen LogP contribution is -2.37. The minimum Gasteiger partial charge on any atom is -0.324 e. The third kappa shape index (κ3) is 3.17. The van der Waals surface area contributed by atoms with Gasteiger partial charge in [0.15, 0.2) is 0 Å². The molecule has 3 nitrogen and oxygen atoms in total. The minimum absolute atomic E-state index is 0.0372. The minimum atomic E-state index is -0.410. The van der Waals surface area contributed by atoms with Crippen molar-refractivity contribution in [2.45, 2.75) is 12.8 Å². The maximum atomic E-state index is 12.8. The molecule has 1 fully saturated rings. The number of hydrogen-bond donors (Lipinski definition) is 2. The van der Waals surface area contributed by atoms with E-state index in [1.807, 2.05) is 0 Å². The van der Waals surface area contributed by atoms with E-state index < -0.39 is 5.82 Å². The molecule has 1 atom stereocenters. The molecule has 1 amide bonds. The molecular weight excluding hydrogens is 243 g/mol. The van der Waals surface area contributed by atoms with Crippen LogP contribution in [-0.2, 0) is 4.79 Å². The number of benzene rings is 1. The van der Waals surface area contributed by atoms with Crippen molar-refractivity contribution in [1.82, 2.24) is 5.32 Å². The Hall–Kier alpha value is -1.13. The summed E-state index contributed by atoms with van der Waals surface area (Å²) < 4.78 is 12.8. The van der Waals surface area contributed by atoms with Crippen LogP contribution in [0, 0.1) is 11.7 Å². The summed E-state index contributed by atoms with van der Waals surface area (Å²) in [4.78, 5) is 11.9. The summed E-state index contributed by atoms with van der Waals surface area (Å²) in [7, 11) is 0. The Labute approximate surface area is 104 Å². The van der Waals surface area contributed by atoms with E-state index in [-0.39, 0.29) is 16.8 Å². The highest BCUT2D eigenvalue weighted by molar-refractivity contribution is 6.33. The van der Waals surface area contributed by atoms with Gasteiger partial charge in [0, 0.05) is 6.54 Å². The number of rotatable bonds is 2. The molecule has 0 bridgehead atoms. The van der Waals surface area contributed by atoms with E-state index in [2.05, 4.69) is 10.6 Å². The van der Waals surface area contributed by atoms with Gasteiger partial charge in [-0.2, -0.15) is 0 Å². The molecule has 92 valence electrons. The Balaban J connectivity index is 2.02. The fraction of sp³-hybridized carbons (Fsp3) is 0.417. The number of carbonyl (C=O) groups is 1. The van der Waals surface area contributed by atoms with Crippen LogP contribution in [0.1, 0.15) is 12.8 Å². The van der Waals surface area contributed by atoms with Crippen molar-refractivity contribution in [3.05, 3.63) is 29.0 Å². The van der Waals surface area contributed by atoms with Gasteiger partial charge in [0.1, 0.15) is 5.82 Å². The third-order valence-corrected chi connectivity index (χ3v) is 3.17. The normalized spacial score (nSPS) is 20.0. The first kappa shape index (κ1) is 12.3. The monoisotopic (exact) mass is 256 g/mol. The molecule has 2 rings (SSSR count). The zero-order valence-electron chi connectivity index (χ0n) is 9.30. The highest BCUT2D eigenvalue weighted by Crippen LogP contribution is 2.23. The Bertz CT molecular complexity index is 419. The van der Waals surface area contributed by atoms with E-state index in [9.17, 15) is 9.18 Å². The lowest BCUT2D eigenvalue weighted by molar-refractivity contribution is -0.120. The van der Waals surface area contributed by atoms with Gasteiger partial charge >= 0.3 is 0 Å². The molecule has 1 unspecified atom stereocenters. The van der Waals surface area contributed by atoms with E-state index in [4.69, 9.17) is 11.6 Å². The highest BCUT2D eigenvalue weighted by Gasteiger charge is 2.21. The fourth-order valence-electron chi connectivity index (χ4n) is 1.90. The molecule has 0 aliphatic carbocycles. The molecule has 1 aliphatic heterocycles. The second kappa shape index (κ2) is 5.47. The van der Waals surface area contributed by atoms with Crippen molar-refractivity contribution in [3.63, 3.8) is 0 Å². The van der Waals surface area contributed by atoms with Crippen LogP contribution >= 0.6 is 11.6 Å². The van der Waals surface area contributed by atoms with E-state index in [0.29, 0.717) is 12.2 Å². The molecule has 5 heteroatoms. The quantitative estimate of drug-likeness (QED) is 0.853. The molecule has 1 aromatic carbocycles. The van der Waals surface area contributed by atoms with Gasteiger partial charge in [-0.05, 0) is 37.6 Å². The summed E-state index contributed by atoms with van der Waals surface area (Å²) >= 11 is 5.84. The molecule has 1 aliphatic rings. The number of amides is 1. The number of hydrogen-bond acceptors (Lipinski definition) is 2. The van der Waals surface area contributed by atoms with Crippen molar-refractivity contribution >= 4 is 23.2 Å². The van der Waals surface area contributed by atoms with E-state index in [1.54, 1.807) is 0 Å². The largest absolute Gasteiger partial charge is 0.324 e. The van der Waals surface area contributed by atoms with Gasteiger partial charge in [-0.15, -0.1) is 0 Å². The zero-order valence-corrected chi connectivity index (χ0v) is 10.1. The Morgan fingerprint density at radius 2 is 2.35 bits per heavy atom. The van der Waals surface area contributed by atoms with Crippen LogP contribution in [0.2, 0.25) is 5.02 Å². The molecule has 1 aromatic rings. The Morgan fingerprint density at radius 1 is 1.53 bits per heavy atom. The number of halogens is 2. The van der Waals surface area contributed by atoms with E-state index in [1.165, 1.54) is 18.2 Å². The molecule has 1 saturated heterocycles. The molecule has 0 radical (unpaired) electrons. The maximum Gasteiger partial charge on any atom is 0.228 e. The van der Waals surface area contributed by atoms with Crippen LogP contribution in [0.4, 0.5) is 10.1 Å². The van der Waals surface area contributed by atoms with Crippen molar-refractivity contribution in [2.75, 3.05) is 18.4 Å². The van der Waals surface area contributed by atoms with Gasteiger partial charge in [0.2, 0.25) is 5.91 Å². The number of carbonyl (C=O) groups excluding carboxylic acids is 1. The number of anilines is 1. The average Bonchev–Trinajstić information content (AvgIpc) is 2.34. The number of piperidine rings is 1. The van der Waals surface area contributed by atoms with Gasteiger partial charge in [-0.1, -0.05) is 11.6 Å². The summed E-state index contributed by atoms with van der Waals surface area (Å²) in [5.74, 6) is -0.511. The van der Waals surface area contributed by atoms with Crippen LogP contribution < -0.4 is 10.6 Å². The predicted molar refractivity (Wildman–Crippen MR) is 65.6 cm³/mol. The second-order valence-corrected chi connectivity index (χ2v) is 4.56. The van der Waals surface area contributed by atoms with Crippen LogP contribution in [0.15, 0.2) is 18.2 Å². The van der Waals surface area contributed by atoms with Crippen LogP contribution in [0.3, 0.4) is 0 Å². The predicted octanol–water partition coefficient (Wildman–Crippen LogP) is 2.42. The van der Waals surface area contributed by atoms with Crippen LogP contribution in [-0.4, -0.2) is 19.0 Å². The van der Waals surface area contributed by atoms with Gasteiger partial charge < -0.3 is 10.6 Å². The van der Waals surface area contributed by atoms with Crippen molar-refractivity contribution in [2.24, 2.45) is 5.92 Å². The zero-order chi connectivity index (χ0) is 12.3. The lowest BCUT2D eigenvalue weighted by Gasteiger charge is -2.22. The molecule has 17 heavy (non-hydrogen) atoms. The first-order valence-electron chi connectivity index (χ1n) is 5.63. The van der Waals surface area contributed by atoms with Crippen molar-refractivity contribution in [1.29, 1.82) is 0 Å². The summed E-state index contributed by atoms with van der Waals surface area (Å²) in [6.07, 6.45) is 1.87. The fourth-order valence-corrected chi connectivity index (χ4v) is 2.12. The average molecular weight is 257 g/mol. The van der Waals surface area contributed by atoms with Gasteiger partial charge in [-0.3, -0.25) is 4.79 Å². The van der Waals surface area contributed by atoms with E-state index in [0.717, 1.165) is 19.4 Å². The van der Waals surface area contributed by atoms with Gasteiger partial charge in [-0.25, -0.2) is 4.39 Å². The molecular formula is C12H14ClFN2O. The van der Waals surface area contributed by atoms with Crippen LogP contribution in [0.25, 0.3) is 0 Å². The molecule has 2 N–H and O–H groups in total. The first-order chi connectivity index (χ1) is 8.16. The van der Waals surface area contributed by atoms with E-state index >= 15 is 0 Å². The molecule has 0 saturated carbocycles. The summed E-state index contributed by atoms with van der Waals surface area (Å²) in [6, 6.07) is 3.95. The molecule has 0 spiro atoms.